The Kier molecular flexibility index (Phi) is 3.89. The topological polar surface area (TPSA) is 93.2 Å². The highest BCUT2D eigenvalue weighted by molar-refractivity contribution is 5.90. The third-order valence-electron chi connectivity index (χ3n) is 2.10. The molecule has 8 heteroatoms. The van der Waals surface area contributed by atoms with Crippen molar-refractivity contribution in [3.05, 3.63) is 38.9 Å². The fraction of sp³-hybridized carbons (Fsp3) is 0.200. The molecule has 0 atom stereocenters. The second-order valence-corrected chi connectivity index (χ2v) is 3.12. The quantitative estimate of drug-likeness (QED) is 0.469. The van der Waals surface area contributed by atoms with Crippen molar-refractivity contribution in [3.8, 4) is 6.07 Å². The molecule has 1 aromatic carbocycles. The van der Waals surface area contributed by atoms with E-state index in [9.17, 15) is 23.7 Å². The predicted molar refractivity (Wildman–Crippen MR) is 54.1 cm³/mol. The second kappa shape index (κ2) is 5.18. The zero-order chi connectivity index (χ0) is 13.9. The molecule has 0 aromatic heterocycles. The molecule has 0 radical (unpaired) electrons. The highest BCUT2D eigenvalue weighted by atomic mass is 19.3. The number of esters is 1. The number of ether oxygens (including phenoxy) is 1. The average molecular weight is 256 g/mol. The fourth-order valence-corrected chi connectivity index (χ4v) is 1.35. The molecule has 94 valence electrons. The van der Waals surface area contributed by atoms with E-state index in [0.29, 0.717) is 6.07 Å². The molecule has 0 unspecified atom stereocenters. The number of halogens is 2. The summed E-state index contributed by atoms with van der Waals surface area (Å²) in [6.45, 7) is 0. The van der Waals surface area contributed by atoms with Gasteiger partial charge in [0.15, 0.2) is 0 Å². The van der Waals surface area contributed by atoms with Gasteiger partial charge in [-0.25, -0.2) is 13.6 Å². The minimum absolute atomic E-state index is 0.338. The molecular formula is C10H6F2N2O4. The zero-order valence-corrected chi connectivity index (χ0v) is 9.02. The summed E-state index contributed by atoms with van der Waals surface area (Å²) in [5, 5.41) is 19.4. The monoisotopic (exact) mass is 256 g/mol. The first-order valence-electron chi connectivity index (χ1n) is 4.51. The lowest BCUT2D eigenvalue weighted by Gasteiger charge is -2.06. The summed E-state index contributed by atoms with van der Waals surface area (Å²) in [6, 6.07) is 2.90. The number of rotatable bonds is 3. The van der Waals surface area contributed by atoms with Gasteiger partial charge in [0.25, 0.3) is 12.1 Å². The summed E-state index contributed by atoms with van der Waals surface area (Å²) >= 11 is 0. The number of nitrogens with zero attached hydrogens (tertiary/aromatic N) is 2. The summed E-state index contributed by atoms with van der Waals surface area (Å²) in [6.07, 6.45) is -3.18. The fourth-order valence-electron chi connectivity index (χ4n) is 1.35. The summed E-state index contributed by atoms with van der Waals surface area (Å²) in [5.41, 5.74) is -2.94. The lowest BCUT2D eigenvalue weighted by Crippen LogP contribution is -2.06. The number of nitro groups is 1. The maximum absolute atomic E-state index is 12.7. The van der Waals surface area contributed by atoms with E-state index < -0.39 is 34.1 Å². The zero-order valence-electron chi connectivity index (χ0n) is 9.02. The number of hydrogen-bond donors (Lipinski definition) is 0. The largest absolute Gasteiger partial charge is 0.465 e. The van der Waals surface area contributed by atoms with Crippen LogP contribution in [0.4, 0.5) is 14.5 Å². The number of benzene rings is 1. The van der Waals surface area contributed by atoms with Crippen LogP contribution < -0.4 is 0 Å². The molecule has 0 spiro atoms. The third kappa shape index (κ3) is 2.40. The van der Waals surface area contributed by atoms with Crippen LogP contribution in [0.3, 0.4) is 0 Å². The van der Waals surface area contributed by atoms with Gasteiger partial charge < -0.3 is 4.74 Å². The predicted octanol–water partition coefficient (Wildman–Crippen LogP) is 2.19. The van der Waals surface area contributed by atoms with E-state index in [1.807, 2.05) is 0 Å². The van der Waals surface area contributed by atoms with Gasteiger partial charge in [-0.05, 0) is 12.1 Å². The smallest absolute Gasteiger partial charge is 0.337 e. The highest BCUT2D eigenvalue weighted by Gasteiger charge is 2.28. The van der Waals surface area contributed by atoms with Gasteiger partial charge in [-0.1, -0.05) is 0 Å². The van der Waals surface area contributed by atoms with Crippen molar-refractivity contribution in [3.63, 3.8) is 0 Å². The molecule has 0 amide bonds. The van der Waals surface area contributed by atoms with Gasteiger partial charge in [0.05, 0.1) is 23.2 Å². The van der Waals surface area contributed by atoms with E-state index in [0.717, 1.165) is 13.2 Å². The third-order valence-corrected chi connectivity index (χ3v) is 2.10. The van der Waals surface area contributed by atoms with Gasteiger partial charge in [0.2, 0.25) is 0 Å². The first-order chi connectivity index (χ1) is 8.42. The number of nitriles is 1. The molecule has 0 aliphatic carbocycles. The van der Waals surface area contributed by atoms with Gasteiger partial charge in [-0.15, -0.1) is 0 Å². The number of hydrogen-bond acceptors (Lipinski definition) is 5. The maximum atomic E-state index is 12.7. The van der Waals surface area contributed by atoms with Crippen molar-refractivity contribution in [2.24, 2.45) is 0 Å². The summed E-state index contributed by atoms with van der Waals surface area (Å²) in [7, 11) is 1.03. The summed E-state index contributed by atoms with van der Waals surface area (Å²) in [4.78, 5) is 20.8. The second-order valence-electron chi connectivity index (χ2n) is 3.12. The average Bonchev–Trinajstić information content (AvgIpc) is 2.35. The Morgan fingerprint density at radius 1 is 1.56 bits per heavy atom. The van der Waals surface area contributed by atoms with Crippen LogP contribution in [0.25, 0.3) is 0 Å². The van der Waals surface area contributed by atoms with E-state index >= 15 is 0 Å². The van der Waals surface area contributed by atoms with Crippen LogP contribution in [0.5, 0.6) is 0 Å². The van der Waals surface area contributed by atoms with Gasteiger partial charge in [-0.2, -0.15) is 5.26 Å². The van der Waals surface area contributed by atoms with Crippen LogP contribution >= 0.6 is 0 Å². The van der Waals surface area contributed by atoms with Crippen LogP contribution in [0.15, 0.2) is 12.1 Å². The van der Waals surface area contributed by atoms with Crippen molar-refractivity contribution < 1.29 is 23.2 Å². The molecule has 0 saturated heterocycles. The van der Waals surface area contributed by atoms with Crippen LogP contribution in [0.1, 0.15) is 27.9 Å². The highest BCUT2D eigenvalue weighted by Crippen LogP contribution is 2.33. The number of carbonyl (C=O) groups is 1. The van der Waals surface area contributed by atoms with Crippen LogP contribution in [0.2, 0.25) is 0 Å². The number of nitro benzene ring substituents is 1. The van der Waals surface area contributed by atoms with Crippen LogP contribution in [0, 0.1) is 21.4 Å². The van der Waals surface area contributed by atoms with Crippen molar-refractivity contribution in [2.75, 3.05) is 7.11 Å². The normalized spacial score (nSPS) is 9.94. The Balaban J connectivity index is 3.60. The summed E-state index contributed by atoms with van der Waals surface area (Å²) < 4.78 is 29.7. The molecule has 0 bridgehead atoms. The van der Waals surface area contributed by atoms with E-state index in [4.69, 9.17) is 5.26 Å². The van der Waals surface area contributed by atoms with E-state index in [2.05, 4.69) is 4.74 Å². The minimum atomic E-state index is -3.18. The standard InChI is InChI=1S/C10H6F2N2O4/c1-18-10(15)5-2-6(4-13)8(14(16)17)7(3-5)9(11)12/h2-3,9H,1H3. The molecule has 6 nitrogen and oxygen atoms in total. The Bertz CT molecular complexity index is 552. The van der Waals surface area contributed by atoms with Gasteiger partial charge in [-0.3, -0.25) is 10.1 Å². The molecular weight excluding hydrogens is 250 g/mol. The van der Waals surface area contributed by atoms with Crippen LogP contribution in [-0.2, 0) is 4.74 Å². The minimum Gasteiger partial charge on any atom is -0.465 e. The lowest BCUT2D eigenvalue weighted by molar-refractivity contribution is -0.386. The number of methoxy groups -OCH3 is 1. The van der Waals surface area contributed by atoms with E-state index in [-0.39, 0.29) is 5.56 Å². The van der Waals surface area contributed by atoms with Crippen LogP contribution in [-0.4, -0.2) is 18.0 Å². The van der Waals surface area contributed by atoms with Crippen molar-refractivity contribution in [1.82, 2.24) is 0 Å². The van der Waals surface area contributed by atoms with Gasteiger partial charge >= 0.3 is 5.97 Å². The maximum Gasteiger partial charge on any atom is 0.337 e. The molecule has 0 N–H and O–H groups in total. The molecule has 0 aliphatic rings. The number of carbonyl (C=O) groups excluding carboxylic acids is 1. The van der Waals surface area contributed by atoms with Gasteiger partial charge in [0.1, 0.15) is 11.6 Å². The lowest BCUT2D eigenvalue weighted by atomic mass is 10.0. The van der Waals surface area contributed by atoms with Crippen molar-refractivity contribution in [1.29, 1.82) is 5.26 Å². The first-order valence-corrected chi connectivity index (χ1v) is 4.51. The molecule has 0 saturated carbocycles. The molecule has 0 heterocycles. The van der Waals surface area contributed by atoms with E-state index in [1.165, 1.54) is 6.07 Å². The van der Waals surface area contributed by atoms with Crippen molar-refractivity contribution in [2.45, 2.75) is 6.43 Å². The molecule has 18 heavy (non-hydrogen) atoms. The molecule has 1 rings (SSSR count). The SMILES string of the molecule is COC(=O)c1cc(C#N)c([N+](=O)[O-])c(C(F)F)c1. The Morgan fingerprint density at radius 3 is 2.56 bits per heavy atom. The summed E-state index contributed by atoms with van der Waals surface area (Å²) in [5.74, 6) is -0.955. The molecule has 1 aromatic rings. The Morgan fingerprint density at radius 2 is 2.17 bits per heavy atom. The van der Waals surface area contributed by atoms with Crippen molar-refractivity contribution >= 4 is 11.7 Å². The molecule has 0 fully saturated rings. The van der Waals surface area contributed by atoms with Gasteiger partial charge in [0, 0.05) is 0 Å². The molecule has 0 aliphatic heterocycles. The Hall–Kier alpha value is -2.56. The number of alkyl halides is 2. The Labute approximate surface area is 99.5 Å². The first kappa shape index (κ1) is 13.5. The van der Waals surface area contributed by atoms with E-state index in [1.54, 1.807) is 0 Å².